The van der Waals surface area contributed by atoms with Crippen LogP contribution in [0.5, 0.6) is 0 Å². The molecule has 13 heavy (non-hydrogen) atoms. The number of allylic oxidation sites excluding steroid dienone is 3. The van der Waals surface area contributed by atoms with E-state index in [2.05, 4.69) is 26.0 Å². The minimum absolute atomic E-state index is 0.0793. The number of hydrogen-bond acceptors (Lipinski definition) is 1. The molecule has 0 aromatic heterocycles. The van der Waals surface area contributed by atoms with Gasteiger partial charge in [-0.3, -0.25) is 0 Å². The van der Waals surface area contributed by atoms with Gasteiger partial charge in [-0.05, 0) is 46.0 Å². The number of aliphatic hydroxyl groups is 1. The van der Waals surface area contributed by atoms with Crippen molar-refractivity contribution in [1.29, 1.82) is 0 Å². The van der Waals surface area contributed by atoms with Gasteiger partial charge in [0.2, 0.25) is 0 Å². The molecular formula is C12H20O. The predicted molar refractivity (Wildman–Crippen MR) is 56.6 cm³/mol. The highest BCUT2D eigenvalue weighted by molar-refractivity contribution is 5.17. The lowest BCUT2D eigenvalue weighted by molar-refractivity contribution is 0.157. The van der Waals surface area contributed by atoms with Gasteiger partial charge >= 0.3 is 0 Å². The number of aliphatic hydroxyl groups excluding tert-OH is 1. The Morgan fingerprint density at radius 2 is 2.31 bits per heavy atom. The predicted octanol–water partition coefficient (Wildman–Crippen LogP) is 3.20. The Morgan fingerprint density at radius 3 is 3.00 bits per heavy atom. The van der Waals surface area contributed by atoms with Gasteiger partial charge < -0.3 is 5.11 Å². The monoisotopic (exact) mass is 180 g/mol. The number of hydrogen-bond donors (Lipinski definition) is 1. The van der Waals surface area contributed by atoms with Crippen molar-refractivity contribution in [2.24, 2.45) is 0 Å². The van der Waals surface area contributed by atoms with Crippen molar-refractivity contribution in [2.45, 2.75) is 52.1 Å². The molecule has 1 heteroatoms. The van der Waals surface area contributed by atoms with Crippen LogP contribution in [0.3, 0.4) is 0 Å². The van der Waals surface area contributed by atoms with Gasteiger partial charge in [-0.15, -0.1) is 0 Å². The van der Waals surface area contributed by atoms with Gasteiger partial charge in [0, 0.05) is 0 Å². The van der Waals surface area contributed by atoms with Gasteiger partial charge in [-0.1, -0.05) is 23.3 Å². The maximum absolute atomic E-state index is 9.50. The zero-order chi connectivity index (χ0) is 9.68. The quantitative estimate of drug-likeness (QED) is 0.661. The lowest BCUT2D eigenvalue weighted by atomic mass is 9.88. The van der Waals surface area contributed by atoms with E-state index in [-0.39, 0.29) is 6.10 Å². The third kappa shape index (κ3) is 3.35. The van der Waals surface area contributed by atoms with Gasteiger partial charge in [0.1, 0.15) is 0 Å². The molecule has 1 aliphatic rings. The molecule has 74 valence electrons. The summed E-state index contributed by atoms with van der Waals surface area (Å²) in [6.45, 7) is 4.26. The average molecular weight is 180 g/mol. The summed E-state index contributed by atoms with van der Waals surface area (Å²) >= 11 is 0. The molecular weight excluding hydrogens is 160 g/mol. The van der Waals surface area contributed by atoms with E-state index < -0.39 is 0 Å². The van der Waals surface area contributed by atoms with E-state index in [1.54, 1.807) is 0 Å². The van der Waals surface area contributed by atoms with E-state index >= 15 is 0 Å². The van der Waals surface area contributed by atoms with E-state index in [9.17, 15) is 5.11 Å². The molecule has 0 saturated heterocycles. The van der Waals surface area contributed by atoms with Crippen molar-refractivity contribution in [2.75, 3.05) is 0 Å². The van der Waals surface area contributed by atoms with Crippen molar-refractivity contribution in [3.05, 3.63) is 23.3 Å². The van der Waals surface area contributed by atoms with Gasteiger partial charge in [-0.2, -0.15) is 0 Å². The van der Waals surface area contributed by atoms with Crippen molar-refractivity contribution in [3.63, 3.8) is 0 Å². The smallest absolute Gasteiger partial charge is 0.0580 e. The van der Waals surface area contributed by atoms with E-state index in [0.29, 0.717) is 0 Å². The molecule has 0 aromatic rings. The molecule has 1 atom stereocenters. The first-order valence-electron chi connectivity index (χ1n) is 5.20. The van der Waals surface area contributed by atoms with Crippen LogP contribution in [-0.2, 0) is 0 Å². The van der Waals surface area contributed by atoms with Crippen LogP contribution in [0, 0.1) is 0 Å². The fourth-order valence-electron chi connectivity index (χ4n) is 1.86. The molecule has 0 radical (unpaired) electrons. The van der Waals surface area contributed by atoms with Crippen molar-refractivity contribution in [3.8, 4) is 0 Å². The van der Waals surface area contributed by atoms with Crippen LogP contribution in [0.2, 0.25) is 0 Å². The summed E-state index contributed by atoms with van der Waals surface area (Å²) in [4.78, 5) is 0. The molecule has 0 saturated carbocycles. The third-order valence-corrected chi connectivity index (χ3v) is 2.79. The zero-order valence-electron chi connectivity index (χ0n) is 8.71. The molecule has 0 aromatic carbocycles. The zero-order valence-corrected chi connectivity index (χ0v) is 8.71. The van der Waals surface area contributed by atoms with Gasteiger partial charge in [0.15, 0.2) is 0 Å². The van der Waals surface area contributed by atoms with Crippen molar-refractivity contribution in [1.82, 2.24) is 0 Å². The average Bonchev–Trinajstić information content (AvgIpc) is 2.11. The Labute approximate surface area is 81.2 Å². The van der Waals surface area contributed by atoms with Gasteiger partial charge in [0.05, 0.1) is 6.10 Å². The Bertz CT molecular complexity index is 213. The maximum Gasteiger partial charge on any atom is 0.0580 e. The molecule has 1 aliphatic carbocycles. The van der Waals surface area contributed by atoms with Crippen LogP contribution < -0.4 is 0 Å². The second-order valence-corrected chi connectivity index (χ2v) is 3.89. The molecule has 0 spiro atoms. The van der Waals surface area contributed by atoms with E-state index in [4.69, 9.17) is 0 Å². The first kappa shape index (κ1) is 10.5. The number of rotatable bonds is 3. The van der Waals surface area contributed by atoms with E-state index in [1.165, 1.54) is 11.1 Å². The lowest BCUT2D eigenvalue weighted by Gasteiger charge is -2.21. The molecule has 0 bridgehead atoms. The van der Waals surface area contributed by atoms with Crippen LogP contribution in [0.4, 0.5) is 0 Å². The SMILES string of the molecule is CC=CCCC1=C(C)CCC(O)C1. The molecule has 0 heterocycles. The van der Waals surface area contributed by atoms with Crippen LogP contribution in [0.25, 0.3) is 0 Å². The molecule has 1 N–H and O–H groups in total. The van der Waals surface area contributed by atoms with Crippen LogP contribution >= 0.6 is 0 Å². The fraction of sp³-hybridized carbons (Fsp3) is 0.667. The van der Waals surface area contributed by atoms with E-state index in [1.807, 2.05) is 0 Å². The van der Waals surface area contributed by atoms with Crippen LogP contribution in [0.15, 0.2) is 23.3 Å². The topological polar surface area (TPSA) is 20.2 Å². The van der Waals surface area contributed by atoms with Gasteiger partial charge in [-0.25, -0.2) is 0 Å². The van der Waals surface area contributed by atoms with Gasteiger partial charge in [0.25, 0.3) is 0 Å². The molecule has 0 fully saturated rings. The molecule has 0 aliphatic heterocycles. The minimum atomic E-state index is -0.0793. The molecule has 1 unspecified atom stereocenters. The molecule has 1 nitrogen and oxygen atoms in total. The summed E-state index contributed by atoms with van der Waals surface area (Å²) in [5.41, 5.74) is 2.99. The Morgan fingerprint density at radius 1 is 1.54 bits per heavy atom. The van der Waals surface area contributed by atoms with Crippen molar-refractivity contribution >= 4 is 0 Å². The Balaban J connectivity index is 2.45. The highest BCUT2D eigenvalue weighted by atomic mass is 16.3. The first-order chi connectivity index (χ1) is 6.24. The highest BCUT2D eigenvalue weighted by Crippen LogP contribution is 2.27. The van der Waals surface area contributed by atoms with E-state index in [0.717, 1.165) is 32.1 Å². The lowest BCUT2D eigenvalue weighted by Crippen LogP contribution is -2.13. The molecule has 1 rings (SSSR count). The molecule has 0 amide bonds. The second-order valence-electron chi connectivity index (χ2n) is 3.89. The third-order valence-electron chi connectivity index (χ3n) is 2.79. The first-order valence-corrected chi connectivity index (χ1v) is 5.20. The normalized spacial score (nSPS) is 24.4. The Hall–Kier alpha value is -0.560. The maximum atomic E-state index is 9.50. The van der Waals surface area contributed by atoms with Crippen molar-refractivity contribution < 1.29 is 5.11 Å². The summed E-state index contributed by atoms with van der Waals surface area (Å²) < 4.78 is 0. The summed E-state index contributed by atoms with van der Waals surface area (Å²) in [6.07, 6.45) is 9.41. The summed E-state index contributed by atoms with van der Waals surface area (Å²) in [7, 11) is 0. The Kier molecular flexibility index (Phi) is 4.23. The minimum Gasteiger partial charge on any atom is -0.393 e. The summed E-state index contributed by atoms with van der Waals surface area (Å²) in [6, 6.07) is 0. The summed E-state index contributed by atoms with van der Waals surface area (Å²) in [5.74, 6) is 0. The van der Waals surface area contributed by atoms with Crippen LogP contribution in [0.1, 0.15) is 46.0 Å². The standard InChI is InChI=1S/C12H20O/c1-3-4-5-6-11-9-12(13)8-7-10(11)2/h3-4,12-13H,5-9H2,1-2H3. The second kappa shape index (κ2) is 5.23. The fourth-order valence-corrected chi connectivity index (χ4v) is 1.86. The largest absolute Gasteiger partial charge is 0.393 e. The highest BCUT2D eigenvalue weighted by Gasteiger charge is 2.15. The summed E-state index contributed by atoms with van der Waals surface area (Å²) in [5, 5.41) is 9.50. The van der Waals surface area contributed by atoms with Crippen LogP contribution in [-0.4, -0.2) is 11.2 Å².